The molecule has 0 spiro atoms. The Morgan fingerprint density at radius 2 is 2.00 bits per heavy atom. The number of nitrogens with one attached hydrogen (secondary N) is 2. The number of hydrogen-bond acceptors (Lipinski definition) is 5. The number of halogens is 1. The van der Waals surface area contributed by atoms with Gasteiger partial charge in [-0.3, -0.25) is 9.78 Å². The first-order valence-electron chi connectivity index (χ1n) is 7.22. The third-order valence-corrected chi connectivity index (χ3v) is 3.16. The SMILES string of the molecule is O=C(Nc1cccc(F)c1)c1cnc(NCc2cccnc2)cn1. The summed E-state index contributed by atoms with van der Waals surface area (Å²) < 4.78 is 13.1. The second kappa shape index (κ2) is 7.28. The summed E-state index contributed by atoms with van der Waals surface area (Å²) in [7, 11) is 0. The molecule has 0 fully saturated rings. The van der Waals surface area contributed by atoms with Gasteiger partial charge in [0, 0.05) is 24.6 Å². The Morgan fingerprint density at radius 1 is 1.08 bits per heavy atom. The molecular formula is C17H14FN5O. The Labute approximate surface area is 137 Å². The Bertz CT molecular complexity index is 824. The maximum Gasteiger partial charge on any atom is 0.275 e. The van der Waals surface area contributed by atoms with Crippen LogP contribution in [0.1, 0.15) is 16.1 Å². The molecule has 3 rings (SSSR count). The van der Waals surface area contributed by atoms with Crippen LogP contribution in [-0.4, -0.2) is 20.9 Å². The number of amides is 1. The van der Waals surface area contributed by atoms with Gasteiger partial charge in [-0.15, -0.1) is 0 Å². The van der Waals surface area contributed by atoms with Crippen molar-refractivity contribution in [1.82, 2.24) is 15.0 Å². The average Bonchev–Trinajstić information content (AvgIpc) is 2.61. The number of carbonyl (C=O) groups is 1. The lowest BCUT2D eigenvalue weighted by Gasteiger charge is -2.07. The summed E-state index contributed by atoms with van der Waals surface area (Å²) >= 11 is 0. The number of rotatable bonds is 5. The fourth-order valence-electron chi connectivity index (χ4n) is 1.99. The minimum atomic E-state index is -0.452. The van der Waals surface area contributed by atoms with Gasteiger partial charge in [0.1, 0.15) is 17.3 Å². The maximum atomic E-state index is 13.1. The van der Waals surface area contributed by atoms with Crippen molar-refractivity contribution in [2.75, 3.05) is 10.6 Å². The fourth-order valence-corrected chi connectivity index (χ4v) is 1.99. The van der Waals surface area contributed by atoms with Gasteiger partial charge >= 0.3 is 0 Å². The molecule has 0 aliphatic rings. The first-order valence-corrected chi connectivity index (χ1v) is 7.22. The van der Waals surface area contributed by atoms with Crippen molar-refractivity contribution in [3.8, 4) is 0 Å². The number of pyridine rings is 1. The van der Waals surface area contributed by atoms with Gasteiger partial charge in [-0.2, -0.15) is 0 Å². The monoisotopic (exact) mass is 323 g/mol. The van der Waals surface area contributed by atoms with Gasteiger partial charge in [0.25, 0.3) is 5.91 Å². The second-order valence-electron chi connectivity index (χ2n) is 4.97. The van der Waals surface area contributed by atoms with Crippen molar-refractivity contribution in [2.24, 2.45) is 0 Å². The molecule has 0 aliphatic heterocycles. The Balaban J connectivity index is 1.60. The molecule has 2 aromatic heterocycles. The van der Waals surface area contributed by atoms with E-state index in [9.17, 15) is 9.18 Å². The van der Waals surface area contributed by atoms with E-state index in [0.29, 0.717) is 18.1 Å². The molecule has 6 nitrogen and oxygen atoms in total. The highest BCUT2D eigenvalue weighted by Gasteiger charge is 2.09. The molecule has 0 unspecified atom stereocenters. The molecule has 2 N–H and O–H groups in total. The zero-order valence-corrected chi connectivity index (χ0v) is 12.6. The van der Waals surface area contributed by atoms with E-state index < -0.39 is 11.7 Å². The summed E-state index contributed by atoms with van der Waals surface area (Å²) in [6.45, 7) is 0.553. The van der Waals surface area contributed by atoms with Crippen molar-refractivity contribution in [1.29, 1.82) is 0 Å². The number of anilines is 2. The molecule has 0 atom stereocenters. The average molecular weight is 323 g/mol. The van der Waals surface area contributed by atoms with Gasteiger partial charge in [-0.25, -0.2) is 14.4 Å². The van der Waals surface area contributed by atoms with Crippen LogP contribution >= 0.6 is 0 Å². The van der Waals surface area contributed by atoms with E-state index in [0.717, 1.165) is 5.56 Å². The van der Waals surface area contributed by atoms with Gasteiger partial charge < -0.3 is 10.6 Å². The number of benzene rings is 1. The molecule has 1 amide bonds. The Hall–Kier alpha value is -3.35. The van der Waals surface area contributed by atoms with Gasteiger partial charge in [0.05, 0.1) is 12.4 Å². The van der Waals surface area contributed by atoms with E-state index in [2.05, 4.69) is 25.6 Å². The number of nitrogens with zero attached hydrogens (tertiary/aromatic N) is 3. The van der Waals surface area contributed by atoms with Crippen LogP contribution in [0.2, 0.25) is 0 Å². The fraction of sp³-hybridized carbons (Fsp3) is 0.0588. The molecular weight excluding hydrogens is 309 g/mol. The van der Waals surface area contributed by atoms with Crippen molar-refractivity contribution in [3.05, 3.63) is 78.3 Å². The molecule has 2 heterocycles. The summed E-state index contributed by atoms with van der Waals surface area (Å²) in [5.74, 6) is -0.332. The molecule has 0 bridgehead atoms. The van der Waals surface area contributed by atoms with Crippen LogP contribution in [0.5, 0.6) is 0 Å². The van der Waals surface area contributed by atoms with Crippen molar-refractivity contribution < 1.29 is 9.18 Å². The molecule has 3 aromatic rings. The zero-order valence-electron chi connectivity index (χ0n) is 12.6. The smallest absolute Gasteiger partial charge is 0.275 e. The van der Waals surface area contributed by atoms with Crippen LogP contribution in [0.4, 0.5) is 15.9 Å². The summed E-state index contributed by atoms with van der Waals surface area (Å²) in [6.07, 6.45) is 6.29. The van der Waals surface area contributed by atoms with Gasteiger partial charge in [0.2, 0.25) is 0 Å². The van der Waals surface area contributed by atoms with Crippen LogP contribution in [0.15, 0.2) is 61.2 Å². The summed E-state index contributed by atoms with van der Waals surface area (Å²) in [6, 6.07) is 9.43. The number of carbonyl (C=O) groups excluding carboxylic acids is 1. The molecule has 0 radical (unpaired) electrons. The highest BCUT2D eigenvalue weighted by Crippen LogP contribution is 2.11. The minimum absolute atomic E-state index is 0.145. The Kier molecular flexibility index (Phi) is 4.71. The molecule has 0 saturated carbocycles. The van der Waals surface area contributed by atoms with E-state index in [4.69, 9.17) is 0 Å². The van der Waals surface area contributed by atoms with Crippen LogP contribution in [0.3, 0.4) is 0 Å². The van der Waals surface area contributed by atoms with E-state index >= 15 is 0 Å². The maximum absolute atomic E-state index is 13.1. The summed E-state index contributed by atoms with van der Waals surface area (Å²) in [5.41, 5.74) is 1.51. The topological polar surface area (TPSA) is 79.8 Å². The van der Waals surface area contributed by atoms with Crippen molar-refractivity contribution in [3.63, 3.8) is 0 Å². The molecule has 7 heteroatoms. The quantitative estimate of drug-likeness (QED) is 0.755. The first kappa shape index (κ1) is 15.5. The highest BCUT2D eigenvalue weighted by molar-refractivity contribution is 6.02. The van der Waals surface area contributed by atoms with Crippen molar-refractivity contribution >= 4 is 17.4 Å². The first-order chi connectivity index (χ1) is 11.7. The van der Waals surface area contributed by atoms with Gasteiger partial charge in [-0.1, -0.05) is 12.1 Å². The molecule has 1 aromatic carbocycles. The lowest BCUT2D eigenvalue weighted by molar-refractivity contribution is 0.102. The Morgan fingerprint density at radius 3 is 2.71 bits per heavy atom. The minimum Gasteiger partial charge on any atom is -0.365 e. The third-order valence-electron chi connectivity index (χ3n) is 3.16. The van der Waals surface area contributed by atoms with E-state index in [-0.39, 0.29) is 5.69 Å². The highest BCUT2D eigenvalue weighted by atomic mass is 19.1. The largest absolute Gasteiger partial charge is 0.365 e. The van der Waals surface area contributed by atoms with Crippen LogP contribution in [0.25, 0.3) is 0 Å². The molecule has 0 aliphatic carbocycles. The predicted octanol–water partition coefficient (Wildman–Crippen LogP) is 2.88. The lowest BCUT2D eigenvalue weighted by Crippen LogP contribution is -2.14. The predicted molar refractivity (Wildman–Crippen MR) is 87.9 cm³/mol. The zero-order chi connectivity index (χ0) is 16.8. The lowest BCUT2D eigenvalue weighted by atomic mass is 10.3. The standard InChI is InChI=1S/C17H14FN5O/c18-13-4-1-5-14(7-13)23-17(24)15-10-22-16(11-20-15)21-9-12-3-2-6-19-8-12/h1-8,10-11H,9H2,(H,21,22)(H,23,24). The summed E-state index contributed by atoms with van der Waals surface area (Å²) in [4.78, 5) is 24.3. The van der Waals surface area contributed by atoms with E-state index in [1.54, 1.807) is 18.5 Å². The number of aromatic nitrogens is 3. The summed E-state index contributed by atoms with van der Waals surface area (Å²) in [5, 5.41) is 5.66. The molecule has 0 saturated heterocycles. The van der Waals surface area contributed by atoms with E-state index in [1.807, 2.05) is 12.1 Å². The number of hydrogen-bond donors (Lipinski definition) is 2. The normalized spacial score (nSPS) is 10.2. The van der Waals surface area contributed by atoms with Crippen LogP contribution in [0, 0.1) is 5.82 Å². The molecule has 24 heavy (non-hydrogen) atoms. The third kappa shape index (κ3) is 4.10. The second-order valence-corrected chi connectivity index (χ2v) is 4.97. The van der Waals surface area contributed by atoms with Crippen molar-refractivity contribution in [2.45, 2.75) is 6.54 Å². The van der Waals surface area contributed by atoms with E-state index in [1.165, 1.54) is 30.6 Å². The van der Waals surface area contributed by atoms with Gasteiger partial charge in [0.15, 0.2) is 0 Å². The van der Waals surface area contributed by atoms with Crippen LogP contribution in [-0.2, 0) is 6.54 Å². The van der Waals surface area contributed by atoms with Gasteiger partial charge in [-0.05, 0) is 29.8 Å². The van der Waals surface area contributed by atoms with Crippen LogP contribution < -0.4 is 10.6 Å². The molecule has 120 valence electrons.